The van der Waals surface area contributed by atoms with Gasteiger partial charge in [0, 0.05) is 0 Å². The van der Waals surface area contributed by atoms with E-state index in [1.165, 1.54) is 12.1 Å². The maximum Gasteiger partial charge on any atom is 0.573 e. The Bertz CT molecular complexity index is 418. The molecule has 1 aromatic rings. The maximum atomic E-state index is 11.9. The van der Waals surface area contributed by atoms with Gasteiger partial charge in [0.05, 0.1) is 5.56 Å². The van der Waals surface area contributed by atoms with Crippen LogP contribution >= 0.6 is 0 Å². The second kappa shape index (κ2) is 4.05. The van der Waals surface area contributed by atoms with Gasteiger partial charge in [0.15, 0.2) is 0 Å². The van der Waals surface area contributed by atoms with Gasteiger partial charge in [-0.3, -0.25) is 0 Å². The molecular formula is C10H5F3NO. The van der Waals surface area contributed by atoms with Crippen molar-refractivity contribution in [3.05, 3.63) is 42.0 Å². The Hall–Kier alpha value is -1.96. The molecule has 77 valence electrons. The van der Waals surface area contributed by atoms with Crippen molar-refractivity contribution in [3.8, 4) is 11.8 Å². The molecule has 0 amide bonds. The summed E-state index contributed by atoms with van der Waals surface area (Å²) in [4.78, 5) is 0. The molecule has 0 spiro atoms. The quantitative estimate of drug-likeness (QED) is 0.755. The van der Waals surface area contributed by atoms with Gasteiger partial charge in [0.2, 0.25) is 0 Å². The molecule has 0 N–H and O–H groups in total. The number of hydrogen-bond acceptors (Lipinski definition) is 2. The molecule has 0 saturated heterocycles. The summed E-state index contributed by atoms with van der Waals surface area (Å²) in [5.74, 6) is -0.543. The third kappa shape index (κ3) is 3.02. The van der Waals surface area contributed by atoms with Crippen molar-refractivity contribution in [1.82, 2.24) is 0 Å². The predicted molar refractivity (Wildman–Crippen MR) is 45.8 cm³/mol. The van der Waals surface area contributed by atoms with Crippen LogP contribution in [0.1, 0.15) is 11.1 Å². The highest BCUT2D eigenvalue weighted by Crippen LogP contribution is 2.26. The number of nitriles is 1. The standard InChI is InChI=1S/C10H5F3NO/c1-2-7-3-4-8(6-14)9(5-7)15-10(11,12)13/h3-5H,1H2. The van der Waals surface area contributed by atoms with Gasteiger partial charge in [0.25, 0.3) is 0 Å². The number of benzene rings is 1. The van der Waals surface area contributed by atoms with Gasteiger partial charge < -0.3 is 4.74 Å². The van der Waals surface area contributed by atoms with E-state index in [0.29, 0.717) is 5.56 Å². The minimum absolute atomic E-state index is 0.189. The summed E-state index contributed by atoms with van der Waals surface area (Å²) in [6.07, 6.45) is -2.42. The molecular weight excluding hydrogens is 207 g/mol. The summed E-state index contributed by atoms with van der Waals surface area (Å²) >= 11 is 0. The van der Waals surface area contributed by atoms with Crippen LogP contribution in [0.15, 0.2) is 24.8 Å². The van der Waals surface area contributed by atoms with Crippen molar-refractivity contribution in [2.24, 2.45) is 0 Å². The fourth-order valence-electron chi connectivity index (χ4n) is 0.934. The van der Waals surface area contributed by atoms with E-state index < -0.39 is 12.1 Å². The van der Waals surface area contributed by atoms with Crippen molar-refractivity contribution in [2.45, 2.75) is 6.36 Å². The molecule has 15 heavy (non-hydrogen) atoms. The van der Waals surface area contributed by atoms with E-state index in [4.69, 9.17) is 5.26 Å². The fourth-order valence-corrected chi connectivity index (χ4v) is 0.934. The lowest BCUT2D eigenvalue weighted by Gasteiger charge is -2.10. The fraction of sp³-hybridized carbons (Fsp3) is 0.100. The molecule has 0 aliphatic rings. The second-order valence-electron chi connectivity index (χ2n) is 2.55. The summed E-state index contributed by atoms with van der Waals surface area (Å²) in [6, 6.07) is 5.29. The summed E-state index contributed by atoms with van der Waals surface area (Å²) in [6.45, 7) is 3.28. The van der Waals surface area contributed by atoms with Gasteiger partial charge in [0.1, 0.15) is 11.8 Å². The van der Waals surface area contributed by atoms with E-state index in [0.717, 1.165) is 6.07 Å². The van der Waals surface area contributed by atoms with E-state index in [1.54, 1.807) is 6.07 Å². The molecule has 0 bridgehead atoms. The van der Waals surface area contributed by atoms with Gasteiger partial charge in [-0.1, -0.05) is 12.6 Å². The SMILES string of the molecule is C=[C]c1ccc(C#N)c(OC(F)(F)F)c1. The number of rotatable bonds is 2. The number of hydrogen-bond donors (Lipinski definition) is 0. The lowest BCUT2D eigenvalue weighted by molar-refractivity contribution is -0.274. The van der Waals surface area contributed by atoms with Crippen LogP contribution in [-0.2, 0) is 0 Å². The second-order valence-corrected chi connectivity index (χ2v) is 2.55. The molecule has 0 saturated carbocycles. The smallest absolute Gasteiger partial charge is 0.404 e. The Balaban J connectivity index is 3.14. The highest BCUT2D eigenvalue weighted by Gasteiger charge is 2.32. The van der Waals surface area contributed by atoms with Crippen LogP contribution in [0.2, 0.25) is 0 Å². The van der Waals surface area contributed by atoms with Crippen molar-refractivity contribution < 1.29 is 17.9 Å². The molecule has 0 atom stereocenters. The lowest BCUT2D eigenvalue weighted by Crippen LogP contribution is -2.17. The molecule has 0 unspecified atom stereocenters. The largest absolute Gasteiger partial charge is 0.573 e. The van der Waals surface area contributed by atoms with E-state index in [-0.39, 0.29) is 5.56 Å². The number of halogens is 3. The lowest BCUT2D eigenvalue weighted by atomic mass is 10.1. The summed E-state index contributed by atoms with van der Waals surface area (Å²) in [5.41, 5.74) is 0.138. The molecule has 1 rings (SSSR count). The summed E-state index contributed by atoms with van der Waals surface area (Å²) < 4.78 is 39.5. The van der Waals surface area contributed by atoms with Crippen molar-refractivity contribution in [1.29, 1.82) is 5.26 Å². The first kappa shape index (κ1) is 11.1. The first-order chi connectivity index (χ1) is 6.96. The number of alkyl halides is 3. The van der Waals surface area contributed by atoms with Crippen LogP contribution in [0.3, 0.4) is 0 Å². The van der Waals surface area contributed by atoms with Crippen molar-refractivity contribution in [2.75, 3.05) is 0 Å². The zero-order chi connectivity index (χ0) is 11.5. The number of nitrogens with zero attached hydrogens (tertiary/aromatic N) is 1. The van der Waals surface area contributed by atoms with Gasteiger partial charge in [-0.25, -0.2) is 0 Å². The third-order valence-electron chi connectivity index (χ3n) is 1.53. The van der Waals surface area contributed by atoms with Gasteiger partial charge in [-0.15, -0.1) is 13.2 Å². The molecule has 1 radical (unpaired) electrons. The monoisotopic (exact) mass is 212 g/mol. The Morgan fingerprint density at radius 2 is 2.00 bits per heavy atom. The van der Waals surface area contributed by atoms with Crippen LogP contribution < -0.4 is 4.74 Å². The molecule has 0 heterocycles. The van der Waals surface area contributed by atoms with Crippen LogP contribution in [0.4, 0.5) is 13.2 Å². The first-order valence-electron chi connectivity index (χ1n) is 3.79. The van der Waals surface area contributed by atoms with Crippen LogP contribution in [0.5, 0.6) is 5.75 Å². The Morgan fingerprint density at radius 3 is 2.47 bits per heavy atom. The highest BCUT2D eigenvalue weighted by molar-refractivity contribution is 5.46. The molecule has 2 nitrogen and oxygen atoms in total. The van der Waals surface area contributed by atoms with E-state index in [2.05, 4.69) is 17.4 Å². The Kier molecular flexibility index (Phi) is 3.00. The average Bonchev–Trinajstić information content (AvgIpc) is 2.15. The van der Waals surface area contributed by atoms with Gasteiger partial charge >= 0.3 is 6.36 Å². The van der Waals surface area contributed by atoms with Crippen molar-refractivity contribution in [3.63, 3.8) is 0 Å². The minimum Gasteiger partial charge on any atom is -0.404 e. The first-order valence-corrected chi connectivity index (χ1v) is 3.79. The maximum absolute atomic E-state index is 11.9. The van der Waals surface area contributed by atoms with Crippen LogP contribution in [-0.4, -0.2) is 6.36 Å². The Labute approximate surface area is 84.2 Å². The van der Waals surface area contributed by atoms with E-state index in [1.807, 2.05) is 0 Å². The predicted octanol–water partition coefficient (Wildman–Crippen LogP) is 2.79. The molecule has 1 aromatic carbocycles. The highest BCUT2D eigenvalue weighted by atomic mass is 19.4. The molecule has 0 aliphatic carbocycles. The zero-order valence-electron chi connectivity index (χ0n) is 7.43. The van der Waals surface area contributed by atoms with E-state index in [9.17, 15) is 13.2 Å². The summed E-state index contributed by atoms with van der Waals surface area (Å²) in [7, 11) is 0. The number of ether oxygens (including phenoxy) is 1. The normalized spacial score (nSPS) is 10.5. The topological polar surface area (TPSA) is 33.0 Å². The van der Waals surface area contributed by atoms with Crippen LogP contribution in [0, 0.1) is 17.4 Å². The van der Waals surface area contributed by atoms with Crippen molar-refractivity contribution >= 4 is 0 Å². The molecule has 5 heteroatoms. The summed E-state index contributed by atoms with van der Waals surface area (Å²) in [5, 5.41) is 8.55. The molecule has 0 aliphatic heterocycles. The minimum atomic E-state index is -4.81. The molecule has 0 fully saturated rings. The van der Waals surface area contributed by atoms with Gasteiger partial charge in [-0.05, 0) is 23.8 Å². The zero-order valence-corrected chi connectivity index (χ0v) is 7.43. The average molecular weight is 212 g/mol. The third-order valence-corrected chi connectivity index (χ3v) is 1.53. The van der Waals surface area contributed by atoms with E-state index >= 15 is 0 Å². The van der Waals surface area contributed by atoms with Crippen LogP contribution in [0.25, 0.3) is 0 Å². The molecule has 0 aromatic heterocycles. The van der Waals surface area contributed by atoms with Gasteiger partial charge in [-0.2, -0.15) is 5.26 Å². The Morgan fingerprint density at radius 1 is 1.33 bits per heavy atom.